The van der Waals surface area contributed by atoms with Crippen molar-refractivity contribution in [3.63, 3.8) is 0 Å². The molecule has 100 valence electrons. The normalized spacial score (nSPS) is 11.5. The number of hydrogen-bond acceptors (Lipinski definition) is 3. The van der Waals surface area contributed by atoms with Crippen LogP contribution in [0.2, 0.25) is 0 Å². The Morgan fingerprint density at radius 3 is 2.47 bits per heavy atom. The average molecular weight is 279 g/mol. The number of nitrogens with two attached hydrogens (primary N) is 1. The van der Waals surface area contributed by atoms with Gasteiger partial charge in [-0.25, -0.2) is 12.8 Å². The third-order valence-corrected chi connectivity index (χ3v) is 4.70. The molecule has 0 atom stereocenters. The van der Waals surface area contributed by atoms with Crippen LogP contribution in [0.4, 0.5) is 10.1 Å². The van der Waals surface area contributed by atoms with Crippen LogP contribution in [0.1, 0.15) is 11.1 Å². The zero-order valence-corrected chi connectivity index (χ0v) is 11.2. The van der Waals surface area contributed by atoms with Crippen LogP contribution in [0, 0.1) is 12.7 Å². The highest BCUT2D eigenvalue weighted by Crippen LogP contribution is 2.23. The molecule has 0 bridgehead atoms. The number of hydrogen-bond donors (Lipinski definition) is 1. The Balaban J connectivity index is 2.40. The van der Waals surface area contributed by atoms with Gasteiger partial charge in [0.2, 0.25) is 0 Å². The van der Waals surface area contributed by atoms with Crippen LogP contribution in [0.5, 0.6) is 0 Å². The first kappa shape index (κ1) is 13.5. The molecule has 0 radical (unpaired) electrons. The fourth-order valence-corrected chi connectivity index (χ4v) is 3.56. The van der Waals surface area contributed by atoms with Crippen LogP contribution >= 0.6 is 0 Å². The first-order chi connectivity index (χ1) is 8.90. The van der Waals surface area contributed by atoms with Gasteiger partial charge >= 0.3 is 0 Å². The molecule has 0 heterocycles. The van der Waals surface area contributed by atoms with Crippen LogP contribution in [0.25, 0.3) is 0 Å². The molecule has 0 spiro atoms. The Labute approximate surface area is 111 Å². The molecule has 19 heavy (non-hydrogen) atoms. The number of benzene rings is 2. The van der Waals surface area contributed by atoms with Gasteiger partial charge in [-0.3, -0.25) is 0 Å². The molecule has 0 saturated carbocycles. The summed E-state index contributed by atoms with van der Waals surface area (Å²) in [5.74, 6) is -0.709. The molecule has 0 unspecified atom stereocenters. The minimum Gasteiger partial charge on any atom is -0.398 e. The molecule has 0 aliphatic heterocycles. The van der Waals surface area contributed by atoms with Gasteiger partial charge in [-0.2, -0.15) is 0 Å². The lowest BCUT2D eigenvalue weighted by atomic mass is 10.2. The lowest BCUT2D eigenvalue weighted by molar-refractivity contribution is 0.594. The number of aryl methyl sites for hydroxylation is 1. The molecule has 0 amide bonds. The number of sulfone groups is 1. The molecule has 0 fully saturated rings. The van der Waals surface area contributed by atoms with Crippen molar-refractivity contribution in [1.82, 2.24) is 0 Å². The molecular weight excluding hydrogens is 265 g/mol. The molecule has 0 aromatic heterocycles. The van der Waals surface area contributed by atoms with E-state index in [9.17, 15) is 12.8 Å². The summed E-state index contributed by atoms with van der Waals surface area (Å²) in [6.45, 7) is 1.74. The summed E-state index contributed by atoms with van der Waals surface area (Å²) in [5, 5.41) is 0. The van der Waals surface area contributed by atoms with E-state index in [0.717, 1.165) is 6.07 Å². The van der Waals surface area contributed by atoms with Crippen molar-refractivity contribution in [3.05, 3.63) is 59.4 Å². The summed E-state index contributed by atoms with van der Waals surface area (Å²) in [6.07, 6.45) is 0. The van der Waals surface area contributed by atoms with Gasteiger partial charge in [0.05, 0.1) is 10.6 Å². The maximum Gasteiger partial charge on any atom is 0.182 e. The predicted molar refractivity (Wildman–Crippen MR) is 72.9 cm³/mol. The Hall–Kier alpha value is -1.88. The van der Waals surface area contributed by atoms with Gasteiger partial charge in [-0.1, -0.05) is 24.3 Å². The maximum atomic E-state index is 12.9. The number of halogens is 1. The molecule has 0 saturated heterocycles. The van der Waals surface area contributed by atoms with Crippen molar-refractivity contribution in [2.24, 2.45) is 0 Å². The van der Waals surface area contributed by atoms with Gasteiger partial charge in [-0.05, 0) is 36.2 Å². The van der Waals surface area contributed by atoms with Crippen LogP contribution in [0.15, 0.2) is 47.4 Å². The molecule has 0 aliphatic rings. The fourth-order valence-electron chi connectivity index (χ4n) is 1.89. The van der Waals surface area contributed by atoms with Gasteiger partial charge in [0.15, 0.2) is 9.84 Å². The van der Waals surface area contributed by atoms with E-state index in [1.54, 1.807) is 31.2 Å². The number of anilines is 1. The summed E-state index contributed by atoms with van der Waals surface area (Å²) >= 11 is 0. The van der Waals surface area contributed by atoms with Crippen molar-refractivity contribution in [1.29, 1.82) is 0 Å². The quantitative estimate of drug-likeness (QED) is 0.879. The third kappa shape index (κ3) is 2.93. The summed E-state index contributed by atoms with van der Waals surface area (Å²) in [5.41, 5.74) is 6.88. The highest BCUT2D eigenvalue weighted by Gasteiger charge is 2.18. The van der Waals surface area contributed by atoms with Crippen molar-refractivity contribution >= 4 is 15.5 Å². The standard InChI is InChI=1S/C14H14FNO2S/c1-10-4-2-3-5-14(10)19(17,18)9-11-6-7-12(15)8-13(11)16/h2-8H,9,16H2,1H3. The van der Waals surface area contributed by atoms with E-state index in [2.05, 4.69) is 0 Å². The van der Waals surface area contributed by atoms with E-state index < -0.39 is 15.7 Å². The number of nitrogen functional groups attached to an aromatic ring is 1. The monoisotopic (exact) mass is 279 g/mol. The van der Waals surface area contributed by atoms with Gasteiger partial charge in [0.1, 0.15) is 5.82 Å². The highest BCUT2D eigenvalue weighted by atomic mass is 32.2. The second-order valence-corrected chi connectivity index (χ2v) is 6.33. The summed E-state index contributed by atoms with van der Waals surface area (Å²) in [7, 11) is -3.48. The lowest BCUT2D eigenvalue weighted by Gasteiger charge is -2.09. The smallest absolute Gasteiger partial charge is 0.182 e. The number of rotatable bonds is 3. The van der Waals surface area contributed by atoms with Crippen molar-refractivity contribution < 1.29 is 12.8 Å². The van der Waals surface area contributed by atoms with Gasteiger partial charge in [-0.15, -0.1) is 0 Å². The largest absolute Gasteiger partial charge is 0.398 e. The van der Waals surface area contributed by atoms with E-state index in [-0.39, 0.29) is 16.3 Å². The lowest BCUT2D eigenvalue weighted by Crippen LogP contribution is -2.08. The van der Waals surface area contributed by atoms with Gasteiger partial charge < -0.3 is 5.73 Å². The highest BCUT2D eigenvalue weighted by molar-refractivity contribution is 7.90. The molecule has 2 N–H and O–H groups in total. The second kappa shape index (κ2) is 5.01. The molecule has 2 aromatic carbocycles. The zero-order chi connectivity index (χ0) is 14.0. The average Bonchev–Trinajstić information content (AvgIpc) is 2.33. The zero-order valence-electron chi connectivity index (χ0n) is 10.4. The van der Waals surface area contributed by atoms with Crippen molar-refractivity contribution in [3.8, 4) is 0 Å². The minimum atomic E-state index is -3.48. The summed E-state index contributed by atoms with van der Waals surface area (Å²) in [6, 6.07) is 10.5. The van der Waals surface area contributed by atoms with E-state index in [4.69, 9.17) is 5.73 Å². The third-order valence-electron chi connectivity index (χ3n) is 2.88. The fraction of sp³-hybridized carbons (Fsp3) is 0.143. The first-order valence-electron chi connectivity index (χ1n) is 5.72. The van der Waals surface area contributed by atoms with Gasteiger partial charge in [0, 0.05) is 5.69 Å². The molecule has 5 heteroatoms. The van der Waals surface area contributed by atoms with Crippen molar-refractivity contribution in [2.75, 3.05) is 5.73 Å². The molecule has 0 aliphatic carbocycles. The minimum absolute atomic E-state index is 0.150. The van der Waals surface area contributed by atoms with Gasteiger partial charge in [0.25, 0.3) is 0 Å². The second-order valence-electron chi connectivity index (χ2n) is 4.37. The maximum absolute atomic E-state index is 12.9. The summed E-state index contributed by atoms with van der Waals surface area (Å²) < 4.78 is 37.6. The van der Waals surface area contributed by atoms with E-state index in [1.165, 1.54) is 12.1 Å². The molecule has 2 rings (SSSR count). The molecular formula is C14H14FNO2S. The topological polar surface area (TPSA) is 60.2 Å². The van der Waals surface area contributed by atoms with Crippen molar-refractivity contribution in [2.45, 2.75) is 17.6 Å². The molecule has 2 aromatic rings. The Morgan fingerprint density at radius 2 is 1.84 bits per heavy atom. The Morgan fingerprint density at radius 1 is 1.16 bits per heavy atom. The van der Waals surface area contributed by atoms with Crippen LogP contribution in [-0.4, -0.2) is 8.42 Å². The Kier molecular flexibility index (Phi) is 3.57. The summed E-state index contributed by atoms with van der Waals surface area (Å²) in [4.78, 5) is 0.277. The van der Waals surface area contributed by atoms with E-state index in [1.807, 2.05) is 0 Å². The first-order valence-corrected chi connectivity index (χ1v) is 7.37. The van der Waals surface area contributed by atoms with E-state index in [0.29, 0.717) is 11.1 Å². The predicted octanol–water partition coefficient (Wildman–Crippen LogP) is 2.69. The van der Waals surface area contributed by atoms with Crippen LogP contribution < -0.4 is 5.73 Å². The van der Waals surface area contributed by atoms with Crippen LogP contribution in [0.3, 0.4) is 0 Å². The molecule has 3 nitrogen and oxygen atoms in total. The Bertz CT molecular complexity index is 711. The van der Waals surface area contributed by atoms with Crippen LogP contribution in [-0.2, 0) is 15.6 Å². The SMILES string of the molecule is Cc1ccccc1S(=O)(=O)Cc1ccc(F)cc1N. The van der Waals surface area contributed by atoms with E-state index >= 15 is 0 Å².